The number of nitrogens with one attached hydrogen (secondary N) is 2. The number of aliphatic hydroxyl groups is 1. The first-order valence-electron chi connectivity index (χ1n) is 10.9. The largest absolute Gasteiger partial charge is 0.393 e. The molecule has 0 saturated heterocycles. The first-order valence-corrected chi connectivity index (χ1v) is 11.7. The Morgan fingerprint density at radius 3 is 2.82 bits per heavy atom. The van der Waals surface area contributed by atoms with Gasteiger partial charge in [-0.05, 0) is 51.0 Å². The SMILES string of the molecule is CC(C)Nc1cc(-c2ccc3cc(C#N)cnn23)ncc1-c1nnc(C(=O)N[C@H]2C[C@@H](O)C2)s1. The smallest absolute Gasteiger partial charge is 0.282 e. The molecule has 3 N–H and O–H groups in total. The number of carbonyl (C=O) groups excluding carboxylic acids is 1. The molecule has 0 atom stereocenters. The summed E-state index contributed by atoms with van der Waals surface area (Å²) in [7, 11) is 0. The number of carbonyl (C=O) groups is 1. The fourth-order valence-electron chi connectivity index (χ4n) is 3.83. The summed E-state index contributed by atoms with van der Waals surface area (Å²) in [6, 6.07) is 9.73. The van der Waals surface area contributed by atoms with Crippen LogP contribution in [0.5, 0.6) is 0 Å². The monoisotopic (exact) mass is 474 g/mol. The van der Waals surface area contributed by atoms with Crippen molar-refractivity contribution in [2.24, 2.45) is 0 Å². The van der Waals surface area contributed by atoms with Gasteiger partial charge in [-0.1, -0.05) is 11.3 Å². The molecular weight excluding hydrogens is 452 g/mol. The molecule has 0 aromatic carbocycles. The molecule has 172 valence electrons. The van der Waals surface area contributed by atoms with Crippen LogP contribution in [-0.4, -0.2) is 54.0 Å². The molecule has 1 aliphatic carbocycles. The maximum atomic E-state index is 12.5. The number of nitriles is 1. The quantitative estimate of drug-likeness (QED) is 0.387. The average Bonchev–Trinajstić information content (AvgIpc) is 3.44. The predicted molar refractivity (Wildman–Crippen MR) is 127 cm³/mol. The molecule has 0 radical (unpaired) electrons. The van der Waals surface area contributed by atoms with E-state index in [1.54, 1.807) is 16.8 Å². The van der Waals surface area contributed by atoms with Crippen LogP contribution in [0.3, 0.4) is 0 Å². The Kier molecular flexibility index (Phi) is 5.69. The zero-order chi connectivity index (χ0) is 23.8. The Morgan fingerprint density at radius 1 is 1.26 bits per heavy atom. The summed E-state index contributed by atoms with van der Waals surface area (Å²) in [5.41, 5.74) is 4.35. The van der Waals surface area contributed by atoms with Crippen LogP contribution >= 0.6 is 11.3 Å². The van der Waals surface area contributed by atoms with E-state index in [0.717, 1.165) is 22.5 Å². The summed E-state index contributed by atoms with van der Waals surface area (Å²) in [4.78, 5) is 17.1. The third-order valence-electron chi connectivity index (χ3n) is 5.54. The van der Waals surface area contributed by atoms with E-state index in [0.29, 0.717) is 29.1 Å². The number of fused-ring (bicyclic) bond motifs is 1. The highest BCUT2D eigenvalue weighted by molar-refractivity contribution is 7.16. The predicted octanol–water partition coefficient (Wildman–Crippen LogP) is 2.86. The zero-order valence-corrected chi connectivity index (χ0v) is 19.4. The van der Waals surface area contributed by atoms with Gasteiger partial charge in [-0.3, -0.25) is 9.78 Å². The molecule has 0 aliphatic heterocycles. The highest BCUT2D eigenvalue weighted by atomic mass is 32.1. The van der Waals surface area contributed by atoms with Crippen molar-refractivity contribution in [1.29, 1.82) is 5.26 Å². The number of pyridine rings is 1. The molecule has 11 heteroatoms. The number of hydrogen-bond donors (Lipinski definition) is 3. The molecule has 4 aromatic rings. The molecule has 34 heavy (non-hydrogen) atoms. The van der Waals surface area contributed by atoms with Gasteiger partial charge in [0.1, 0.15) is 6.07 Å². The normalized spacial score (nSPS) is 17.4. The number of hydrogen-bond acceptors (Lipinski definition) is 9. The third-order valence-corrected chi connectivity index (χ3v) is 6.49. The van der Waals surface area contributed by atoms with Crippen LogP contribution in [0.2, 0.25) is 0 Å². The highest BCUT2D eigenvalue weighted by Gasteiger charge is 2.29. The number of nitrogens with zero attached hydrogens (tertiary/aromatic N) is 6. The standard InChI is InChI=1S/C23H22N8O2S/c1-12(2)27-18-8-19(20-4-3-15-5-13(9-24)10-26-31(15)20)25-11-17(18)22-29-30-23(34-22)21(33)28-14-6-16(32)7-14/h3-5,8,10-12,14,16,32H,6-7H2,1-2H3,(H,25,27)(H,28,33)/t14-,16+. The average molecular weight is 475 g/mol. The molecule has 10 nitrogen and oxygen atoms in total. The Morgan fingerprint density at radius 2 is 2.09 bits per heavy atom. The second-order valence-corrected chi connectivity index (χ2v) is 9.51. The van der Waals surface area contributed by atoms with Gasteiger partial charge in [0, 0.05) is 24.0 Å². The number of rotatable bonds is 6. The van der Waals surface area contributed by atoms with Crippen LogP contribution in [0.25, 0.3) is 27.5 Å². The maximum Gasteiger partial charge on any atom is 0.282 e. The van der Waals surface area contributed by atoms with Gasteiger partial charge in [-0.15, -0.1) is 10.2 Å². The summed E-state index contributed by atoms with van der Waals surface area (Å²) >= 11 is 1.20. The lowest BCUT2D eigenvalue weighted by molar-refractivity contribution is 0.0562. The van der Waals surface area contributed by atoms with Gasteiger partial charge in [-0.2, -0.15) is 10.4 Å². The van der Waals surface area contributed by atoms with E-state index in [1.807, 2.05) is 32.0 Å². The van der Waals surface area contributed by atoms with Crippen molar-refractivity contribution >= 4 is 28.4 Å². The number of aliphatic hydroxyl groups excluding tert-OH is 1. The topological polar surface area (TPSA) is 141 Å². The number of amides is 1. The summed E-state index contributed by atoms with van der Waals surface area (Å²) in [5.74, 6) is -0.286. The molecule has 0 bridgehead atoms. The van der Waals surface area contributed by atoms with Crippen LogP contribution in [0, 0.1) is 11.3 Å². The lowest BCUT2D eigenvalue weighted by Crippen LogP contribution is -2.46. The molecule has 1 aliphatic rings. The second kappa shape index (κ2) is 8.81. The molecule has 4 heterocycles. The fraction of sp³-hybridized carbons (Fsp3) is 0.304. The molecule has 0 spiro atoms. The minimum Gasteiger partial charge on any atom is -0.393 e. The number of aromatic nitrogens is 5. The maximum absolute atomic E-state index is 12.5. The van der Waals surface area contributed by atoms with Gasteiger partial charge < -0.3 is 15.7 Å². The van der Waals surface area contributed by atoms with Gasteiger partial charge in [0.05, 0.1) is 40.3 Å². The molecule has 1 fully saturated rings. The Bertz CT molecular complexity index is 1410. The lowest BCUT2D eigenvalue weighted by Gasteiger charge is -2.31. The van der Waals surface area contributed by atoms with Crippen LogP contribution < -0.4 is 10.6 Å². The van der Waals surface area contributed by atoms with E-state index < -0.39 is 0 Å². The van der Waals surface area contributed by atoms with Crippen molar-refractivity contribution in [1.82, 2.24) is 30.1 Å². The summed E-state index contributed by atoms with van der Waals surface area (Å²) in [6.07, 6.45) is 4.02. The van der Waals surface area contributed by atoms with E-state index in [4.69, 9.17) is 5.26 Å². The fourth-order valence-corrected chi connectivity index (χ4v) is 4.60. The summed E-state index contributed by atoms with van der Waals surface area (Å²) in [6.45, 7) is 4.07. The zero-order valence-electron chi connectivity index (χ0n) is 18.6. The van der Waals surface area contributed by atoms with Gasteiger partial charge in [0.15, 0.2) is 5.01 Å². The molecular formula is C23H22N8O2S. The molecule has 1 saturated carbocycles. The van der Waals surface area contributed by atoms with Gasteiger partial charge in [-0.25, -0.2) is 4.52 Å². The minimum absolute atomic E-state index is 0.0244. The van der Waals surface area contributed by atoms with Crippen molar-refractivity contribution in [3.05, 3.63) is 47.2 Å². The van der Waals surface area contributed by atoms with E-state index in [9.17, 15) is 9.90 Å². The van der Waals surface area contributed by atoms with Crippen LogP contribution in [0.15, 0.2) is 36.7 Å². The van der Waals surface area contributed by atoms with Crippen molar-refractivity contribution in [2.75, 3.05) is 5.32 Å². The Hall–Kier alpha value is -3.88. The van der Waals surface area contributed by atoms with E-state index in [-0.39, 0.29) is 29.1 Å². The minimum atomic E-state index is -0.342. The van der Waals surface area contributed by atoms with Crippen LogP contribution in [0.4, 0.5) is 5.69 Å². The first kappa shape index (κ1) is 21.9. The van der Waals surface area contributed by atoms with E-state index in [2.05, 4.69) is 37.0 Å². The molecule has 0 unspecified atom stereocenters. The van der Waals surface area contributed by atoms with Crippen molar-refractivity contribution in [3.63, 3.8) is 0 Å². The van der Waals surface area contributed by atoms with Crippen molar-refractivity contribution in [3.8, 4) is 28.0 Å². The van der Waals surface area contributed by atoms with E-state index in [1.165, 1.54) is 17.5 Å². The highest BCUT2D eigenvalue weighted by Crippen LogP contribution is 2.34. The Labute approximate surface area is 199 Å². The van der Waals surface area contributed by atoms with Gasteiger partial charge in [0.25, 0.3) is 5.91 Å². The number of anilines is 1. The van der Waals surface area contributed by atoms with Gasteiger partial charge >= 0.3 is 0 Å². The van der Waals surface area contributed by atoms with Crippen LogP contribution in [-0.2, 0) is 0 Å². The third kappa shape index (κ3) is 4.21. The van der Waals surface area contributed by atoms with Crippen molar-refractivity contribution in [2.45, 2.75) is 44.9 Å². The lowest BCUT2D eigenvalue weighted by atomic mass is 9.89. The first-order chi connectivity index (χ1) is 16.4. The molecule has 4 aromatic heterocycles. The Balaban J connectivity index is 1.47. The van der Waals surface area contributed by atoms with Gasteiger partial charge in [0.2, 0.25) is 5.01 Å². The molecule has 1 amide bonds. The van der Waals surface area contributed by atoms with Crippen LogP contribution in [0.1, 0.15) is 42.1 Å². The molecule has 5 rings (SSSR count). The van der Waals surface area contributed by atoms with E-state index >= 15 is 0 Å². The summed E-state index contributed by atoms with van der Waals surface area (Å²) < 4.78 is 1.74. The summed E-state index contributed by atoms with van der Waals surface area (Å²) in [5, 5.41) is 38.4. The van der Waals surface area contributed by atoms with Crippen molar-refractivity contribution < 1.29 is 9.90 Å². The second-order valence-electron chi connectivity index (χ2n) is 8.53.